The van der Waals surface area contributed by atoms with Gasteiger partial charge in [0.05, 0.1) is 6.57 Å². The van der Waals surface area contributed by atoms with Gasteiger partial charge in [-0.25, -0.2) is 4.85 Å². The zero-order chi connectivity index (χ0) is 29.8. The van der Waals surface area contributed by atoms with Crippen molar-refractivity contribution in [2.24, 2.45) is 0 Å². The van der Waals surface area contributed by atoms with Crippen molar-refractivity contribution in [1.29, 1.82) is 0 Å². The third-order valence-corrected chi connectivity index (χ3v) is 7.49. The highest BCUT2D eigenvalue weighted by Crippen LogP contribution is 2.37. The summed E-state index contributed by atoms with van der Waals surface area (Å²) in [6.45, 7) is 9.20. The van der Waals surface area contributed by atoms with Crippen LogP contribution in [0, 0.1) is 13.5 Å². The number of aliphatic carboxylic acids is 1. The van der Waals surface area contributed by atoms with Gasteiger partial charge in [0, 0.05) is 17.1 Å². The van der Waals surface area contributed by atoms with Gasteiger partial charge in [0.1, 0.15) is 0 Å². The van der Waals surface area contributed by atoms with Crippen LogP contribution in [-0.4, -0.2) is 11.1 Å². The molecule has 0 unspecified atom stereocenters. The Kier molecular flexibility index (Phi) is 7.54. The van der Waals surface area contributed by atoms with Crippen molar-refractivity contribution in [3.63, 3.8) is 0 Å². The van der Waals surface area contributed by atoms with Crippen molar-refractivity contribution < 1.29 is 9.90 Å². The number of carboxylic acids is 1. The van der Waals surface area contributed by atoms with Crippen LogP contribution in [0.4, 0.5) is 17.1 Å². The molecule has 6 rings (SSSR count). The van der Waals surface area contributed by atoms with Crippen LogP contribution in [0.5, 0.6) is 0 Å². The lowest BCUT2D eigenvalue weighted by Gasteiger charge is -2.26. The summed E-state index contributed by atoms with van der Waals surface area (Å²) < 4.78 is 0. The summed E-state index contributed by atoms with van der Waals surface area (Å²) in [5, 5.41) is 9.24. The van der Waals surface area contributed by atoms with E-state index >= 15 is 0 Å². The molecular formula is C39H28N2O2. The monoisotopic (exact) mass is 556 g/mol. The van der Waals surface area contributed by atoms with E-state index in [1.165, 1.54) is 39.5 Å². The normalized spacial score (nSPS) is 12.0. The van der Waals surface area contributed by atoms with Gasteiger partial charge in [-0.1, -0.05) is 103 Å². The second-order valence-electron chi connectivity index (χ2n) is 10.4. The molecule has 0 saturated heterocycles. The third kappa shape index (κ3) is 5.79. The Morgan fingerprint density at radius 1 is 0.674 bits per heavy atom. The van der Waals surface area contributed by atoms with Crippen LogP contribution in [0.25, 0.3) is 34.7 Å². The van der Waals surface area contributed by atoms with Gasteiger partial charge in [-0.3, -0.25) is 4.79 Å². The minimum Gasteiger partial charge on any atom is -0.486 e. The lowest BCUT2D eigenvalue weighted by Crippen LogP contribution is -2.09. The van der Waals surface area contributed by atoms with E-state index in [1.807, 2.05) is 24.3 Å². The van der Waals surface area contributed by atoms with Crippen molar-refractivity contribution in [3.8, 4) is 0 Å². The number of benzene rings is 5. The van der Waals surface area contributed by atoms with Crippen molar-refractivity contribution in [2.45, 2.75) is 6.92 Å². The predicted molar refractivity (Wildman–Crippen MR) is 177 cm³/mol. The van der Waals surface area contributed by atoms with Crippen molar-refractivity contribution in [2.75, 3.05) is 4.90 Å². The minimum absolute atomic E-state index is 0.317. The topological polar surface area (TPSA) is 44.9 Å². The van der Waals surface area contributed by atoms with Crippen LogP contribution in [0.15, 0.2) is 127 Å². The Bertz CT molecular complexity index is 1890. The summed E-state index contributed by atoms with van der Waals surface area (Å²) in [5.41, 5.74) is 11.5. The summed E-state index contributed by atoms with van der Waals surface area (Å²) in [4.78, 5) is 16.6. The first-order valence-corrected chi connectivity index (χ1v) is 14.0. The predicted octanol–water partition coefficient (Wildman–Crippen LogP) is 9.88. The Hall–Kier alpha value is -5.92. The molecule has 206 valence electrons. The lowest BCUT2D eigenvalue weighted by molar-refractivity contribution is -0.132. The van der Waals surface area contributed by atoms with E-state index in [-0.39, 0.29) is 5.70 Å². The number of fused-ring (bicyclic) bond motifs is 2. The number of carboxylic acid groups (broad SMARTS) is 1. The maximum atomic E-state index is 11.3. The zero-order valence-electron chi connectivity index (χ0n) is 23.6. The van der Waals surface area contributed by atoms with Crippen molar-refractivity contribution in [1.82, 2.24) is 0 Å². The van der Waals surface area contributed by atoms with Gasteiger partial charge < -0.3 is 10.0 Å². The summed E-state index contributed by atoms with van der Waals surface area (Å²) in [5.74, 6) is -1.23. The molecule has 0 saturated carbocycles. The minimum atomic E-state index is -1.23. The molecular weight excluding hydrogens is 528 g/mol. The largest absolute Gasteiger partial charge is 0.486 e. The second kappa shape index (κ2) is 11.9. The van der Waals surface area contributed by atoms with E-state index in [1.54, 1.807) is 0 Å². The first-order valence-electron chi connectivity index (χ1n) is 14.0. The first kappa shape index (κ1) is 27.3. The third-order valence-electron chi connectivity index (χ3n) is 7.49. The van der Waals surface area contributed by atoms with Gasteiger partial charge in [0.2, 0.25) is 0 Å². The van der Waals surface area contributed by atoms with E-state index in [9.17, 15) is 9.90 Å². The van der Waals surface area contributed by atoms with Crippen molar-refractivity contribution >= 4 is 52.9 Å². The highest BCUT2D eigenvalue weighted by atomic mass is 16.4. The fourth-order valence-corrected chi connectivity index (χ4v) is 5.30. The Morgan fingerprint density at radius 2 is 1.14 bits per heavy atom. The van der Waals surface area contributed by atoms with Crippen molar-refractivity contribution in [3.05, 3.63) is 177 Å². The maximum absolute atomic E-state index is 11.3. The van der Waals surface area contributed by atoms with E-state index < -0.39 is 5.97 Å². The number of rotatable bonds is 6. The molecule has 0 aromatic heterocycles. The van der Waals surface area contributed by atoms with Gasteiger partial charge in [0.25, 0.3) is 5.70 Å². The molecule has 0 fully saturated rings. The summed E-state index contributed by atoms with van der Waals surface area (Å²) in [6, 6.07) is 41.4. The molecule has 0 spiro atoms. The average molecular weight is 557 g/mol. The van der Waals surface area contributed by atoms with Crippen LogP contribution < -0.4 is 4.90 Å². The molecule has 4 nitrogen and oxygen atoms in total. The van der Waals surface area contributed by atoms with Gasteiger partial charge >= 0.3 is 5.97 Å². The number of carbonyl (C=O) groups is 1. The van der Waals surface area contributed by atoms with Crippen LogP contribution in [0.3, 0.4) is 0 Å². The Morgan fingerprint density at radius 3 is 1.63 bits per heavy atom. The molecule has 0 atom stereocenters. The van der Waals surface area contributed by atoms with Gasteiger partial charge in [-0.2, -0.15) is 0 Å². The molecule has 1 aliphatic rings. The molecule has 0 bridgehead atoms. The highest BCUT2D eigenvalue weighted by Gasteiger charge is 2.16. The molecule has 0 aliphatic heterocycles. The fourth-order valence-electron chi connectivity index (χ4n) is 5.30. The van der Waals surface area contributed by atoms with E-state index in [0.29, 0.717) is 5.56 Å². The van der Waals surface area contributed by atoms with E-state index in [0.717, 1.165) is 22.6 Å². The SMILES string of the molecule is [C-]#[N+]/C(=C/c1ccc(N(c2ccc(C)cc2)c2ccc(C=C3c4ccccc4C=Cc4ccccc43)cc2)cc1)C(=O)O. The molecule has 43 heavy (non-hydrogen) atoms. The number of aryl methyl sites for hydroxylation is 1. The zero-order valence-corrected chi connectivity index (χ0v) is 23.6. The standard InChI is InChI=1S/C39H28N2O2/c1-27-11-19-32(20-12-27)41(34-23-15-29(16-24-34)26-38(40-2)39(42)43)33-21-13-28(14-22-33)25-37-35-9-5-3-7-30(35)17-18-31-8-4-6-10-36(31)37/h3-26H,1H3,(H,42,43)/b38-26+. The van der Waals surface area contributed by atoms with Crippen LogP contribution in [0.2, 0.25) is 0 Å². The number of anilines is 3. The summed E-state index contributed by atoms with van der Waals surface area (Å²) in [6.07, 6.45) is 8.01. The number of hydrogen-bond donors (Lipinski definition) is 1. The van der Waals surface area contributed by atoms with Crippen LogP contribution in [-0.2, 0) is 4.79 Å². The highest BCUT2D eigenvalue weighted by molar-refractivity contribution is 6.00. The number of nitrogens with zero attached hydrogens (tertiary/aromatic N) is 2. The molecule has 0 radical (unpaired) electrons. The molecule has 0 amide bonds. The first-order chi connectivity index (χ1) is 21.0. The Labute approximate surface area is 251 Å². The molecule has 1 N–H and O–H groups in total. The second-order valence-corrected chi connectivity index (χ2v) is 10.4. The van der Waals surface area contributed by atoms with Crippen LogP contribution >= 0.6 is 0 Å². The van der Waals surface area contributed by atoms with Gasteiger partial charge in [-0.05, 0) is 94.4 Å². The molecule has 4 heteroatoms. The van der Waals surface area contributed by atoms with Gasteiger partial charge in [-0.15, -0.1) is 0 Å². The molecule has 0 heterocycles. The number of hydrogen-bond acceptors (Lipinski definition) is 2. The van der Waals surface area contributed by atoms with Gasteiger partial charge in [0.15, 0.2) is 0 Å². The molecule has 1 aliphatic carbocycles. The summed E-state index contributed by atoms with van der Waals surface area (Å²) >= 11 is 0. The quantitative estimate of drug-likeness (QED) is 0.164. The van der Waals surface area contributed by atoms with E-state index in [2.05, 4.69) is 132 Å². The molecule has 5 aromatic rings. The maximum Gasteiger partial charge on any atom is 0.333 e. The Balaban J connectivity index is 1.39. The van der Waals surface area contributed by atoms with E-state index in [4.69, 9.17) is 6.57 Å². The van der Waals surface area contributed by atoms with Crippen LogP contribution in [0.1, 0.15) is 38.9 Å². The fraction of sp³-hybridized carbons (Fsp3) is 0.0256. The molecule has 5 aromatic carbocycles. The smallest absolute Gasteiger partial charge is 0.333 e. The summed E-state index contributed by atoms with van der Waals surface area (Å²) in [7, 11) is 0. The lowest BCUT2D eigenvalue weighted by atomic mass is 9.92. The average Bonchev–Trinajstić information content (AvgIpc) is 3.19.